The molecule has 1 aliphatic heterocycles. The molecule has 3 aliphatic rings. The maximum absolute atomic E-state index is 5.69. The first-order chi connectivity index (χ1) is 8.86. The van der Waals surface area contributed by atoms with Gasteiger partial charge in [0.15, 0.2) is 6.23 Å². The van der Waals surface area contributed by atoms with Crippen molar-refractivity contribution in [3.05, 3.63) is 36.0 Å². The van der Waals surface area contributed by atoms with Crippen molar-refractivity contribution in [1.82, 2.24) is 5.06 Å². The Morgan fingerprint density at radius 2 is 2.06 bits per heavy atom. The van der Waals surface area contributed by atoms with E-state index in [-0.39, 0.29) is 6.23 Å². The maximum Gasteiger partial charge on any atom is 0.155 e. The number of nitrogens with zero attached hydrogens (tertiary/aromatic N) is 1. The van der Waals surface area contributed by atoms with Gasteiger partial charge >= 0.3 is 0 Å². The van der Waals surface area contributed by atoms with E-state index in [0.717, 1.165) is 0 Å². The summed E-state index contributed by atoms with van der Waals surface area (Å²) in [5, 5.41) is 2.00. The summed E-state index contributed by atoms with van der Waals surface area (Å²) in [6.07, 6.45) is 14.9. The third-order valence-corrected chi connectivity index (χ3v) is 4.38. The van der Waals surface area contributed by atoms with Gasteiger partial charge in [0, 0.05) is 13.0 Å². The van der Waals surface area contributed by atoms with Crippen LogP contribution in [0.15, 0.2) is 36.0 Å². The summed E-state index contributed by atoms with van der Waals surface area (Å²) >= 11 is 0. The zero-order valence-electron chi connectivity index (χ0n) is 11.1. The molecule has 1 heterocycles. The normalized spacial score (nSPS) is 39.1. The molecule has 1 saturated heterocycles. The van der Waals surface area contributed by atoms with E-state index < -0.39 is 0 Å². The molecule has 3 nitrogen and oxygen atoms in total. The van der Waals surface area contributed by atoms with Crippen LogP contribution in [0.5, 0.6) is 0 Å². The van der Waals surface area contributed by atoms with Gasteiger partial charge in [-0.15, -0.1) is 5.06 Å². The van der Waals surface area contributed by atoms with Crippen molar-refractivity contribution < 1.29 is 9.57 Å². The smallest absolute Gasteiger partial charge is 0.155 e. The van der Waals surface area contributed by atoms with Crippen LogP contribution in [0.4, 0.5) is 0 Å². The number of fused-ring (bicyclic) bond motifs is 3. The Morgan fingerprint density at radius 3 is 2.83 bits per heavy atom. The first-order valence-corrected chi connectivity index (χ1v) is 6.77. The molecule has 0 aromatic carbocycles. The largest absolute Gasteiger partial charge is 0.360 e. The van der Waals surface area contributed by atoms with E-state index in [1.165, 1.54) is 24.8 Å². The van der Waals surface area contributed by atoms with E-state index in [9.17, 15) is 0 Å². The van der Waals surface area contributed by atoms with Gasteiger partial charge in [0.25, 0.3) is 0 Å². The highest BCUT2D eigenvalue weighted by Gasteiger charge is 2.45. The van der Waals surface area contributed by atoms with Gasteiger partial charge < -0.3 is 4.74 Å². The second-order valence-corrected chi connectivity index (χ2v) is 5.21. The third kappa shape index (κ3) is 1.78. The molecule has 0 amide bonds. The van der Waals surface area contributed by atoms with Crippen molar-refractivity contribution >= 4 is 0 Å². The molecule has 0 spiro atoms. The Morgan fingerprint density at radius 1 is 1.22 bits per heavy atom. The van der Waals surface area contributed by atoms with E-state index >= 15 is 0 Å². The van der Waals surface area contributed by atoms with Gasteiger partial charge in [0.1, 0.15) is 0 Å². The summed E-state index contributed by atoms with van der Waals surface area (Å²) in [6, 6.07) is 0.296. The number of hydroxylamine groups is 2. The second kappa shape index (κ2) is 5.00. The molecule has 0 saturated carbocycles. The molecule has 1 fully saturated rings. The Bertz CT molecular complexity index is 399. The van der Waals surface area contributed by atoms with Gasteiger partial charge in [-0.3, -0.25) is 4.84 Å². The van der Waals surface area contributed by atoms with Crippen LogP contribution in [0.1, 0.15) is 19.3 Å². The number of methoxy groups -OCH3 is 1. The Kier molecular flexibility index (Phi) is 3.37. The lowest BCUT2D eigenvalue weighted by Gasteiger charge is -2.49. The van der Waals surface area contributed by atoms with Crippen LogP contribution in [0.3, 0.4) is 0 Å². The number of ether oxygens (including phenoxy) is 1. The topological polar surface area (TPSA) is 21.7 Å². The van der Waals surface area contributed by atoms with Gasteiger partial charge in [-0.1, -0.05) is 30.4 Å². The molecule has 3 heteroatoms. The standard InChI is InChI=1S/C15H21NO2/c1-17-15-13-9-4-3-7-11(13)12-8-5-6-10-14(12)16(15)18-2/h5-6,8-12,14-15H,3-4,7H2,1-2H3. The number of hydrogen-bond acceptors (Lipinski definition) is 3. The first kappa shape index (κ1) is 12.2. The van der Waals surface area contributed by atoms with Crippen molar-refractivity contribution in [3.8, 4) is 0 Å². The van der Waals surface area contributed by atoms with Gasteiger partial charge in [-0.05, 0) is 30.8 Å². The van der Waals surface area contributed by atoms with Gasteiger partial charge in [-0.25, -0.2) is 0 Å². The predicted octanol–water partition coefficient (Wildman–Crippen LogP) is 2.67. The SMILES string of the molecule is COC1C2=CCCCC2C2C=CC=CC2N1OC. The summed E-state index contributed by atoms with van der Waals surface area (Å²) in [5.41, 5.74) is 1.41. The average molecular weight is 247 g/mol. The molecule has 98 valence electrons. The van der Waals surface area contributed by atoms with E-state index in [2.05, 4.69) is 30.4 Å². The molecule has 0 radical (unpaired) electrons. The summed E-state index contributed by atoms with van der Waals surface area (Å²) in [7, 11) is 3.50. The highest BCUT2D eigenvalue weighted by atomic mass is 16.7. The molecular weight excluding hydrogens is 226 g/mol. The molecule has 0 bridgehead atoms. The fraction of sp³-hybridized carbons (Fsp3) is 0.600. The minimum Gasteiger partial charge on any atom is -0.360 e. The van der Waals surface area contributed by atoms with Crippen LogP contribution in [0.25, 0.3) is 0 Å². The molecule has 3 rings (SSSR count). The molecule has 2 aliphatic carbocycles. The summed E-state index contributed by atoms with van der Waals surface area (Å²) < 4.78 is 5.69. The van der Waals surface area contributed by atoms with Crippen LogP contribution in [0, 0.1) is 11.8 Å². The second-order valence-electron chi connectivity index (χ2n) is 5.21. The lowest BCUT2D eigenvalue weighted by Crippen LogP contribution is -2.55. The predicted molar refractivity (Wildman–Crippen MR) is 70.6 cm³/mol. The van der Waals surface area contributed by atoms with E-state index in [4.69, 9.17) is 9.57 Å². The minimum absolute atomic E-state index is 0.0299. The highest BCUT2D eigenvalue weighted by molar-refractivity contribution is 5.29. The zero-order chi connectivity index (χ0) is 12.5. The van der Waals surface area contributed by atoms with Crippen LogP contribution in [-0.4, -0.2) is 31.6 Å². The summed E-state index contributed by atoms with van der Waals surface area (Å²) in [5.74, 6) is 1.13. The van der Waals surface area contributed by atoms with Crippen LogP contribution < -0.4 is 0 Å². The lowest BCUT2D eigenvalue weighted by atomic mass is 9.70. The molecule has 0 aromatic rings. The number of piperidine rings is 1. The number of hydrogen-bond donors (Lipinski definition) is 0. The minimum atomic E-state index is -0.0299. The monoisotopic (exact) mass is 247 g/mol. The van der Waals surface area contributed by atoms with Crippen LogP contribution in [-0.2, 0) is 9.57 Å². The maximum atomic E-state index is 5.69. The molecular formula is C15H21NO2. The Balaban J connectivity index is 2.00. The molecule has 0 aromatic heterocycles. The van der Waals surface area contributed by atoms with Gasteiger partial charge in [-0.2, -0.15) is 0 Å². The number of allylic oxidation sites excluding steroid dienone is 3. The molecule has 4 unspecified atom stereocenters. The van der Waals surface area contributed by atoms with E-state index in [0.29, 0.717) is 17.9 Å². The van der Waals surface area contributed by atoms with E-state index in [1.807, 2.05) is 5.06 Å². The van der Waals surface area contributed by atoms with Crippen molar-refractivity contribution in [1.29, 1.82) is 0 Å². The molecule has 0 N–H and O–H groups in total. The van der Waals surface area contributed by atoms with E-state index in [1.54, 1.807) is 14.2 Å². The molecule has 18 heavy (non-hydrogen) atoms. The Labute approximate surface area is 109 Å². The van der Waals surface area contributed by atoms with Gasteiger partial charge in [0.2, 0.25) is 0 Å². The fourth-order valence-electron chi connectivity index (χ4n) is 3.62. The van der Waals surface area contributed by atoms with Crippen molar-refractivity contribution in [2.24, 2.45) is 11.8 Å². The average Bonchev–Trinajstić information content (AvgIpc) is 2.45. The quantitative estimate of drug-likeness (QED) is 0.700. The number of rotatable bonds is 2. The fourth-order valence-corrected chi connectivity index (χ4v) is 3.62. The van der Waals surface area contributed by atoms with Crippen molar-refractivity contribution in [2.45, 2.75) is 31.5 Å². The van der Waals surface area contributed by atoms with Crippen molar-refractivity contribution in [3.63, 3.8) is 0 Å². The summed E-state index contributed by atoms with van der Waals surface area (Å²) in [6.45, 7) is 0. The molecule has 4 atom stereocenters. The van der Waals surface area contributed by atoms with Crippen LogP contribution >= 0.6 is 0 Å². The Hall–Kier alpha value is -0.900. The summed E-state index contributed by atoms with van der Waals surface area (Å²) in [4.78, 5) is 5.60. The van der Waals surface area contributed by atoms with Crippen molar-refractivity contribution in [2.75, 3.05) is 14.2 Å². The highest BCUT2D eigenvalue weighted by Crippen LogP contribution is 2.44. The van der Waals surface area contributed by atoms with Crippen LogP contribution in [0.2, 0.25) is 0 Å². The first-order valence-electron chi connectivity index (χ1n) is 6.77. The zero-order valence-corrected chi connectivity index (χ0v) is 11.1. The third-order valence-electron chi connectivity index (χ3n) is 4.38. The van der Waals surface area contributed by atoms with Gasteiger partial charge in [0.05, 0.1) is 13.2 Å². The lowest BCUT2D eigenvalue weighted by molar-refractivity contribution is -0.254.